The van der Waals surface area contributed by atoms with Crippen molar-refractivity contribution in [2.75, 3.05) is 4.90 Å². The van der Waals surface area contributed by atoms with Crippen molar-refractivity contribution >= 4 is 40.7 Å². The quantitative estimate of drug-likeness (QED) is 0.345. The number of alkyl halides is 3. The van der Waals surface area contributed by atoms with Gasteiger partial charge in [-0.15, -0.1) is 0 Å². The number of amides is 2. The summed E-state index contributed by atoms with van der Waals surface area (Å²) in [5.41, 5.74) is -3.33. The van der Waals surface area contributed by atoms with Crippen LogP contribution in [-0.4, -0.2) is 29.0 Å². The van der Waals surface area contributed by atoms with Gasteiger partial charge in [-0.3, -0.25) is 19.2 Å². The van der Waals surface area contributed by atoms with E-state index < -0.39 is 63.7 Å². The Morgan fingerprint density at radius 1 is 0.811 bits per heavy atom. The van der Waals surface area contributed by atoms with Gasteiger partial charge >= 0.3 is 6.18 Å². The van der Waals surface area contributed by atoms with Crippen LogP contribution in [-0.2, 0) is 20.5 Å². The number of carbonyl (C=O) groups is 4. The first-order valence-electron chi connectivity index (χ1n) is 11.2. The first kappa shape index (κ1) is 23.6. The predicted octanol–water partition coefficient (Wildman–Crippen LogP) is 5.05. The van der Waals surface area contributed by atoms with Gasteiger partial charge in [-0.05, 0) is 23.8 Å². The van der Waals surface area contributed by atoms with Crippen LogP contribution in [0.2, 0.25) is 5.02 Å². The van der Waals surface area contributed by atoms with Crippen molar-refractivity contribution in [2.24, 2.45) is 11.8 Å². The summed E-state index contributed by atoms with van der Waals surface area (Å²) in [4.78, 5) is 55.5. The van der Waals surface area contributed by atoms with Gasteiger partial charge in [0.2, 0.25) is 29.0 Å². The number of halogens is 4. The number of Topliss-reactive ketones (excluding diaryl/α,β-unsaturated/α-hetero) is 2. The van der Waals surface area contributed by atoms with Crippen LogP contribution in [0, 0.1) is 11.8 Å². The van der Waals surface area contributed by atoms with Crippen LogP contribution in [0.1, 0.15) is 37.9 Å². The molecule has 37 heavy (non-hydrogen) atoms. The molecule has 2 aliphatic heterocycles. The minimum absolute atomic E-state index is 0.0597. The number of nitrogens with zero attached hydrogens (tertiary/aromatic N) is 1. The normalized spacial score (nSPS) is 24.2. The van der Waals surface area contributed by atoms with Crippen LogP contribution < -0.4 is 4.90 Å². The SMILES string of the molecule is O=C1[C@@H]2[C@@H](C(=O)N1c1ccc(Cl)c(C(F)(F)F)c1)C1(O[C@H]2c2ccccc2)C(=O)c2ccccc2C1=O. The summed E-state index contributed by atoms with van der Waals surface area (Å²) in [5.74, 6) is -6.25. The molecule has 0 aromatic heterocycles. The van der Waals surface area contributed by atoms with E-state index in [0.29, 0.717) is 16.5 Å². The van der Waals surface area contributed by atoms with Gasteiger partial charge in [0.1, 0.15) is 0 Å². The topological polar surface area (TPSA) is 80.8 Å². The number of carbonyl (C=O) groups excluding carboxylic acids is 4. The summed E-state index contributed by atoms with van der Waals surface area (Å²) < 4.78 is 46.7. The molecule has 10 heteroatoms. The van der Waals surface area contributed by atoms with Crippen LogP contribution in [0.5, 0.6) is 0 Å². The maximum Gasteiger partial charge on any atom is 0.417 e. The molecular weight excluding hydrogens is 511 g/mol. The Morgan fingerprint density at radius 2 is 1.41 bits per heavy atom. The Kier molecular flexibility index (Phi) is 4.99. The third kappa shape index (κ3) is 3.10. The molecule has 1 aliphatic carbocycles. The van der Waals surface area contributed by atoms with E-state index in [9.17, 15) is 32.3 Å². The largest absolute Gasteiger partial charge is 0.417 e. The number of imide groups is 1. The van der Waals surface area contributed by atoms with Crippen molar-refractivity contribution < 1.29 is 37.1 Å². The number of hydrogen-bond donors (Lipinski definition) is 0. The van der Waals surface area contributed by atoms with Crippen molar-refractivity contribution in [1.82, 2.24) is 0 Å². The Balaban J connectivity index is 1.53. The number of rotatable bonds is 2. The number of hydrogen-bond acceptors (Lipinski definition) is 5. The van der Waals surface area contributed by atoms with E-state index in [1.807, 2.05) is 0 Å². The van der Waals surface area contributed by atoms with Gasteiger partial charge in [0.25, 0.3) is 0 Å². The lowest BCUT2D eigenvalue weighted by Gasteiger charge is -2.27. The number of ketones is 2. The zero-order chi connectivity index (χ0) is 26.3. The highest BCUT2D eigenvalue weighted by Crippen LogP contribution is 2.57. The number of ether oxygens (including phenoxy) is 1. The predicted molar refractivity (Wildman–Crippen MR) is 124 cm³/mol. The molecule has 3 aromatic rings. The maximum absolute atomic E-state index is 13.8. The van der Waals surface area contributed by atoms with Gasteiger partial charge in [0.05, 0.1) is 34.2 Å². The molecular formula is C27H15ClF3NO5. The smallest absolute Gasteiger partial charge is 0.349 e. The van der Waals surface area contributed by atoms with Crippen LogP contribution in [0.4, 0.5) is 18.9 Å². The molecule has 3 aliphatic rings. The first-order valence-corrected chi connectivity index (χ1v) is 11.6. The minimum atomic E-state index is -4.84. The molecule has 6 rings (SSSR count). The summed E-state index contributed by atoms with van der Waals surface area (Å²) in [6.07, 6.45) is -6.01. The molecule has 2 fully saturated rings. The second kappa shape index (κ2) is 7.84. The Labute approximate surface area is 212 Å². The number of anilines is 1. The van der Waals surface area contributed by atoms with Gasteiger partial charge in [-0.25, -0.2) is 4.90 Å². The lowest BCUT2D eigenvalue weighted by atomic mass is 9.77. The molecule has 1 spiro atoms. The molecule has 0 unspecified atom stereocenters. The average Bonchev–Trinajstić information content (AvgIpc) is 3.44. The molecule has 2 heterocycles. The molecule has 0 radical (unpaired) electrons. The summed E-state index contributed by atoms with van der Waals surface area (Å²) >= 11 is 5.73. The molecule has 3 atom stereocenters. The lowest BCUT2D eigenvalue weighted by molar-refractivity contribution is -0.137. The van der Waals surface area contributed by atoms with Gasteiger partial charge in [-0.2, -0.15) is 13.2 Å². The molecule has 0 saturated carbocycles. The molecule has 3 aromatic carbocycles. The molecule has 186 valence electrons. The highest BCUT2D eigenvalue weighted by atomic mass is 35.5. The van der Waals surface area contributed by atoms with E-state index in [4.69, 9.17) is 16.3 Å². The van der Waals surface area contributed by atoms with Crippen molar-refractivity contribution in [1.29, 1.82) is 0 Å². The average molecular weight is 526 g/mol. The molecule has 0 bridgehead atoms. The van der Waals surface area contributed by atoms with Crippen LogP contribution in [0.15, 0.2) is 72.8 Å². The third-order valence-corrected chi connectivity index (χ3v) is 7.49. The first-order chi connectivity index (χ1) is 17.6. The Hall–Kier alpha value is -3.82. The highest BCUT2D eigenvalue weighted by molar-refractivity contribution is 6.37. The molecule has 2 amide bonds. The Morgan fingerprint density at radius 3 is 2.00 bits per heavy atom. The van der Waals surface area contributed by atoms with E-state index in [2.05, 4.69) is 0 Å². The van der Waals surface area contributed by atoms with Gasteiger partial charge < -0.3 is 4.74 Å². The van der Waals surface area contributed by atoms with Crippen LogP contribution >= 0.6 is 11.6 Å². The third-order valence-electron chi connectivity index (χ3n) is 7.16. The van der Waals surface area contributed by atoms with Crippen molar-refractivity contribution in [3.63, 3.8) is 0 Å². The number of benzene rings is 3. The fourth-order valence-corrected chi connectivity index (χ4v) is 5.81. The number of fused-ring (bicyclic) bond motifs is 3. The second-order valence-corrected chi connectivity index (χ2v) is 9.47. The fourth-order valence-electron chi connectivity index (χ4n) is 5.58. The van der Waals surface area contributed by atoms with E-state index >= 15 is 0 Å². The zero-order valence-corrected chi connectivity index (χ0v) is 19.4. The highest BCUT2D eigenvalue weighted by Gasteiger charge is 2.74. The van der Waals surface area contributed by atoms with E-state index in [1.165, 1.54) is 12.1 Å². The van der Waals surface area contributed by atoms with Gasteiger partial charge in [0.15, 0.2) is 0 Å². The monoisotopic (exact) mass is 525 g/mol. The summed E-state index contributed by atoms with van der Waals surface area (Å²) in [7, 11) is 0. The standard InChI is InChI=1S/C27H15ClF3NO5/c28-18-11-10-14(12-17(18)27(29,30)31)32-24(35)19-20(25(32)36)26(37-21(19)13-6-2-1-3-7-13)22(33)15-8-4-5-9-16(15)23(26)34/h1-12,19-21H/t19-,20+,21+/m1/s1. The molecule has 0 N–H and O–H groups in total. The molecule has 6 nitrogen and oxygen atoms in total. The van der Waals surface area contributed by atoms with Crippen molar-refractivity contribution in [3.05, 3.63) is 100 Å². The van der Waals surface area contributed by atoms with Crippen LogP contribution in [0.25, 0.3) is 0 Å². The fraction of sp³-hybridized carbons (Fsp3) is 0.185. The second-order valence-electron chi connectivity index (χ2n) is 9.07. The lowest BCUT2D eigenvalue weighted by Crippen LogP contribution is -2.51. The van der Waals surface area contributed by atoms with Crippen molar-refractivity contribution in [2.45, 2.75) is 17.9 Å². The molecule has 2 saturated heterocycles. The summed E-state index contributed by atoms with van der Waals surface area (Å²) in [6, 6.07) is 17.0. The van der Waals surface area contributed by atoms with E-state index in [1.54, 1.807) is 42.5 Å². The van der Waals surface area contributed by atoms with Gasteiger partial charge in [0, 0.05) is 11.1 Å². The maximum atomic E-state index is 13.8. The summed E-state index contributed by atoms with van der Waals surface area (Å²) in [6.45, 7) is 0. The van der Waals surface area contributed by atoms with Crippen LogP contribution in [0.3, 0.4) is 0 Å². The van der Waals surface area contributed by atoms with E-state index in [-0.39, 0.29) is 16.8 Å². The Bertz CT molecular complexity index is 1480. The zero-order valence-electron chi connectivity index (χ0n) is 18.7. The minimum Gasteiger partial charge on any atom is -0.349 e. The summed E-state index contributed by atoms with van der Waals surface area (Å²) in [5, 5.41) is -0.603. The van der Waals surface area contributed by atoms with E-state index in [0.717, 1.165) is 12.1 Å². The van der Waals surface area contributed by atoms with Gasteiger partial charge in [-0.1, -0.05) is 66.2 Å². The van der Waals surface area contributed by atoms with Crippen molar-refractivity contribution in [3.8, 4) is 0 Å².